The summed E-state index contributed by atoms with van der Waals surface area (Å²) in [6.45, 7) is 0.718. The number of carbonyl (C=O) groups is 1. The highest BCUT2D eigenvalue weighted by molar-refractivity contribution is 6.35. The summed E-state index contributed by atoms with van der Waals surface area (Å²) in [5.41, 5.74) is 1.14. The molecule has 104 valence electrons. The first-order valence-corrected chi connectivity index (χ1v) is 7.45. The number of carbonyl (C=O) groups excluding carboxylic acids is 1. The van der Waals surface area contributed by atoms with Crippen molar-refractivity contribution in [3.05, 3.63) is 41.0 Å². The third-order valence-corrected chi connectivity index (χ3v) is 4.27. The van der Waals surface area contributed by atoms with Gasteiger partial charge in [0.2, 0.25) is 0 Å². The van der Waals surface area contributed by atoms with Gasteiger partial charge in [-0.25, -0.2) is 4.98 Å². The molecule has 0 atom stereocenters. The van der Waals surface area contributed by atoms with E-state index in [9.17, 15) is 4.79 Å². The molecule has 2 aromatic rings. The fourth-order valence-electron chi connectivity index (χ4n) is 2.51. The molecule has 1 saturated carbocycles. The van der Waals surface area contributed by atoms with E-state index in [1.54, 1.807) is 6.07 Å². The lowest BCUT2D eigenvalue weighted by Gasteiger charge is -2.25. The Bertz CT molecular complexity index is 637. The third-order valence-electron chi connectivity index (χ3n) is 3.96. The van der Waals surface area contributed by atoms with Crippen molar-refractivity contribution in [3.63, 3.8) is 0 Å². The number of hydrogen-bond donors (Lipinski definition) is 1. The first-order valence-electron chi connectivity index (χ1n) is 7.07. The number of benzene rings is 1. The monoisotopic (exact) mass is 288 g/mol. The predicted molar refractivity (Wildman–Crippen MR) is 81.0 cm³/mol. The molecule has 1 N–H and O–H groups in total. The van der Waals surface area contributed by atoms with Crippen molar-refractivity contribution in [2.24, 2.45) is 5.92 Å². The van der Waals surface area contributed by atoms with E-state index in [0.29, 0.717) is 10.7 Å². The van der Waals surface area contributed by atoms with Gasteiger partial charge in [-0.15, -0.1) is 0 Å². The molecule has 0 aliphatic heterocycles. The molecule has 1 heterocycles. The van der Waals surface area contributed by atoms with Gasteiger partial charge in [-0.2, -0.15) is 0 Å². The van der Waals surface area contributed by atoms with Gasteiger partial charge < -0.3 is 5.32 Å². The van der Waals surface area contributed by atoms with Crippen LogP contribution < -0.4 is 5.32 Å². The molecule has 20 heavy (non-hydrogen) atoms. The molecule has 1 fully saturated rings. The molecule has 1 aromatic heterocycles. The molecule has 0 radical (unpaired) electrons. The maximum Gasteiger partial charge on any atom is 0.269 e. The van der Waals surface area contributed by atoms with Gasteiger partial charge in [0.1, 0.15) is 5.69 Å². The smallest absolute Gasteiger partial charge is 0.269 e. The second-order valence-corrected chi connectivity index (χ2v) is 5.76. The van der Waals surface area contributed by atoms with Gasteiger partial charge in [0, 0.05) is 11.9 Å². The quantitative estimate of drug-likeness (QED) is 0.929. The third kappa shape index (κ3) is 2.78. The van der Waals surface area contributed by atoms with E-state index in [0.717, 1.165) is 29.8 Å². The van der Waals surface area contributed by atoms with E-state index >= 15 is 0 Å². The van der Waals surface area contributed by atoms with Crippen molar-refractivity contribution in [2.75, 3.05) is 6.54 Å². The molecule has 1 aliphatic rings. The molecular formula is C16H17ClN2O. The van der Waals surface area contributed by atoms with Gasteiger partial charge in [-0.1, -0.05) is 49.1 Å². The average Bonchev–Trinajstić information content (AvgIpc) is 2.41. The Balaban J connectivity index is 1.70. The molecule has 4 heteroatoms. The number of rotatable bonds is 4. The van der Waals surface area contributed by atoms with Crippen LogP contribution in [0.2, 0.25) is 5.02 Å². The van der Waals surface area contributed by atoms with Crippen molar-refractivity contribution in [1.29, 1.82) is 0 Å². The van der Waals surface area contributed by atoms with Crippen molar-refractivity contribution >= 4 is 28.4 Å². The molecule has 1 aromatic carbocycles. The summed E-state index contributed by atoms with van der Waals surface area (Å²) >= 11 is 6.20. The van der Waals surface area contributed by atoms with Gasteiger partial charge in [0.05, 0.1) is 10.5 Å². The van der Waals surface area contributed by atoms with E-state index in [4.69, 9.17) is 11.6 Å². The number of amides is 1. The number of hydrogen-bond acceptors (Lipinski definition) is 2. The molecule has 1 aliphatic carbocycles. The Morgan fingerprint density at radius 1 is 1.35 bits per heavy atom. The number of nitrogens with one attached hydrogen (secondary N) is 1. The van der Waals surface area contributed by atoms with E-state index in [-0.39, 0.29) is 5.91 Å². The summed E-state index contributed by atoms with van der Waals surface area (Å²) in [5, 5.41) is 4.37. The topological polar surface area (TPSA) is 42.0 Å². The molecule has 0 bridgehead atoms. The Hall–Kier alpha value is -1.61. The molecule has 3 rings (SSSR count). The lowest BCUT2D eigenvalue weighted by atomic mass is 9.83. The highest BCUT2D eigenvalue weighted by Crippen LogP contribution is 2.28. The summed E-state index contributed by atoms with van der Waals surface area (Å²) in [5.74, 6) is 0.653. The molecule has 0 unspecified atom stereocenters. The van der Waals surface area contributed by atoms with E-state index in [1.807, 2.05) is 24.3 Å². The normalized spacial score (nSPS) is 15.1. The minimum absolute atomic E-state index is 0.142. The average molecular weight is 289 g/mol. The predicted octanol–water partition coefficient (Wildman–Crippen LogP) is 3.81. The van der Waals surface area contributed by atoms with Crippen LogP contribution in [0.25, 0.3) is 10.9 Å². The first-order chi connectivity index (χ1) is 9.74. The van der Waals surface area contributed by atoms with E-state index in [2.05, 4.69) is 10.3 Å². The summed E-state index contributed by atoms with van der Waals surface area (Å²) in [7, 11) is 0. The van der Waals surface area contributed by atoms with Gasteiger partial charge in [0.15, 0.2) is 0 Å². The van der Waals surface area contributed by atoms with Crippen molar-refractivity contribution in [3.8, 4) is 0 Å². The zero-order valence-electron chi connectivity index (χ0n) is 11.2. The minimum Gasteiger partial charge on any atom is -0.351 e. The number of fused-ring (bicyclic) bond motifs is 1. The lowest BCUT2D eigenvalue weighted by molar-refractivity contribution is 0.0944. The fourth-order valence-corrected chi connectivity index (χ4v) is 2.77. The zero-order chi connectivity index (χ0) is 13.9. The number of pyridine rings is 1. The first kappa shape index (κ1) is 13.4. The van der Waals surface area contributed by atoms with Crippen LogP contribution in [0.4, 0.5) is 0 Å². The number of aromatic nitrogens is 1. The molecule has 3 nitrogen and oxygen atoms in total. The molecule has 0 saturated heterocycles. The van der Waals surface area contributed by atoms with Crippen LogP contribution in [-0.2, 0) is 0 Å². The molecule has 0 spiro atoms. The Morgan fingerprint density at radius 2 is 2.15 bits per heavy atom. The SMILES string of the molecule is O=C(NCCC1CCC1)c1cc(Cl)c2ccccc2n1. The summed E-state index contributed by atoms with van der Waals surface area (Å²) in [4.78, 5) is 16.5. The van der Waals surface area contributed by atoms with Gasteiger partial charge in [-0.05, 0) is 24.5 Å². The van der Waals surface area contributed by atoms with Crippen LogP contribution >= 0.6 is 11.6 Å². The maximum absolute atomic E-state index is 12.1. The Labute approximate surface area is 123 Å². The second-order valence-electron chi connectivity index (χ2n) is 5.35. The van der Waals surface area contributed by atoms with Crippen LogP contribution in [-0.4, -0.2) is 17.4 Å². The van der Waals surface area contributed by atoms with Crippen LogP contribution in [0, 0.1) is 5.92 Å². The van der Waals surface area contributed by atoms with Crippen molar-refractivity contribution < 1.29 is 4.79 Å². The highest BCUT2D eigenvalue weighted by Gasteiger charge is 2.17. The van der Waals surface area contributed by atoms with Gasteiger partial charge in [-0.3, -0.25) is 4.79 Å². The van der Waals surface area contributed by atoms with E-state index in [1.165, 1.54) is 19.3 Å². The van der Waals surface area contributed by atoms with Gasteiger partial charge >= 0.3 is 0 Å². The van der Waals surface area contributed by atoms with E-state index < -0.39 is 0 Å². The number of para-hydroxylation sites is 1. The summed E-state index contributed by atoms with van der Waals surface area (Å²) in [6, 6.07) is 9.22. The zero-order valence-corrected chi connectivity index (χ0v) is 12.0. The molecule has 1 amide bonds. The van der Waals surface area contributed by atoms with Crippen LogP contribution in [0.1, 0.15) is 36.2 Å². The second kappa shape index (κ2) is 5.80. The fraction of sp³-hybridized carbons (Fsp3) is 0.375. The number of nitrogens with zero attached hydrogens (tertiary/aromatic N) is 1. The standard InChI is InChI=1S/C16H17ClN2O/c17-13-10-15(19-14-7-2-1-6-12(13)14)16(20)18-9-8-11-4-3-5-11/h1-2,6-7,10-11H,3-5,8-9H2,(H,18,20). The maximum atomic E-state index is 12.1. The lowest BCUT2D eigenvalue weighted by Crippen LogP contribution is -2.28. The Morgan fingerprint density at radius 3 is 2.90 bits per heavy atom. The summed E-state index contributed by atoms with van der Waals surface area (Å²) < 4.78 is 0. The highest BCUT2D eigenvalue weighted by atomic mass is 35.5. The van der Waals surface area contributed by atoms with Crippen LogP contribution in [0.3, 0.4) is 0 Å². The van der Waals surface area contributed by atoms with Crippen LogP contribution in [0.5, 0.6) is 0 Å². The molecular weight excluding hydrogens is 272 g/mol. The van der Waals surface area contributed by atoms with Crippen molar-refractivity contribution in [2.45, 2.75) is 25.7 Å². The minimum atomic E-state index is -0.142. The largest absolute Gasteiger partial charge is 0.351 e. The van der Waals surface area contributed by atoms with Crippen LogP contribution in [0.15, 0.2) is 30.3 Å². The Kier molecular flexibility index (Phi) is 3.88. The number of halogens is 1. The van der Waals surface area contributed by atoms with Gasteiger partial charge in [0.25, 0.3) is 5.91 Å². The summed E-state index contributed by atoms with van der Waals surface area (Å²) in [6.07, 6.45) is 5.00. The van der Waals surface area contributed by atoms with Crippen molar-refractivity contribution in [1.82, 2.24) is 10.3 Å².